The Morgan fingerprint density at radius 2 is 1.83 bits per heavy atom. The van der Waals surface area contributed by atoms with Crippen LogP contribution in [0.15, 0.2) is 66.7 Å². The Hall–Kier alpha value is -3.60. The highest BCUT2D eigenvalue weighted by Crippen LogP contribution is 2.22. The van der Waals surface area contributed by atoms with Crippen LogP contribution in [-0.4, -0.2) is 28.6 Å². The van der Waals surface area contributed by atoms with Gasteiger partial charge in [0.25, 0.3) is 5.91 Å². The number of nitrogens with one attached hydrogen (secondary N) is 1. The minimum atomic E-state index is -0.106. The van der Waals surface area contributed by atoms with Gasteiger partial charge in [-0.05, 0) is 73.1 Å². The third-order valence-corrected chi connectivity index (χ3v) is 6.84. The predicted molar refractivity (Wildman–Crippen MR) is 147 cm³/mol. The zero-order valence-electron chi connectivity index (χ0n) is 21.9. The van der Waals surface area contributed by atoms with E-state index in [1.54, 1.807) is 0 Å². The van der Waals surface area contributed by atoms with Gasteiger partial charge in [0, 0.05) is 19.5 Å². The monoisotopic (exact) mass is 483 g/mol. The molecule has 1 heterocycles. The molecule has 5 heteroatoms. The first-order valence-electron chi connectivity index (χ1n) is 12.9. The molecule has 0 bridgehead atoms. The number of benzene rings is 3. The largest absolute Gasteiger partial charge is 0.483 e. The highest BCUT2D eigenvalue weighted by atomic mass is 16.5. The lowest BCUT2D eigenvalue weighted by Crippen LogP contribution is -2.30. The van der Waals surface area contributed by atoms with E-state index in [-0.39, 0.29) is 12.5 Å². The second-order valence-corrected chi connectivity index (χ2v) is 9.66. The Bertz CT molecular complexity index is 1310. The molecular formula is C31H37N3O2. The maximum Gasteiger partial charge on any atom is 0.257 e. The molecule has 1 atom stereocenters. The van der Waals surface area contributed by atoms with Crippen molar-refractivity contribution in [3.8, 4) is 5.75 Å². The summed E-state index contributed by atoms with van der Waals surface area (Å²) in [5.41, 5.74) is 6.95. The summed E-state index contributed by atoms with van der Waals surface area (Å²) in [6.45, 7) is 9.89. The number of ether oxygens (including phenoxy) is 1. The van der Waals surface area contributed by atoms with Crippen LogP contribution in [0.2, 0.25) is 0 Å². The van der Waals surface area contributed by atoms with Crippen LogP contribution in [0.1, 0.15) is 60.7 Å². The van der Waals surface area contributed by atoms with Gasteiger partial charge in [-0.15, -0.1) is 0 Å². The summed E-state index contributed by atoms with van der Waals surface area (Å²) in [7, 11) is 0. The van der Waals surface area contributed by atoms with E-state index in [2.05, 4.69) is 66.2 Å². The molecule has 1 unspecified atom stereocenters. The van der Waals surface area contributed by atoms with Gasteiger partial charge in [0.15, 0.2) is 6.61 Å². The molecule has 0 saturated carbocycles. The van der Waals surface area contributed by atoms with Crippen LogP contribution in [-0.2, 0) is 17.8 Å². The Morgan fingerprint density at radius 1 is 1.06 bits per heavy atom. The van der Waals surface area contributed by atoms with Crippen LogP contribution >= 0.6 is 0 Å². The van der Waals surface area contributed by atoms with Crippen molar-refractivity contribution in [3.05, 3.63) is 94.8 Å². The summed E-state index contributed by atoms with van der Waals surface area (Å²) in [6.07, 6.45) is 2.74. The summed E-state index contributed by atoms with van der Waals surface area (Å²) >= 11 is 0. The van der Waals surface area contributed by atoms with Crippen LogP contribution in [0.25, 0.3) is 11.0 Å². The third kappa shape index (κ3) is 6.34. The molecule has 0 aliphatic rings. The van der Waals surface area contributed by atoms with Gasteiger partial charge < -0.3 is 14.6 Å². The fourth-order valence-corrected chi connectivity index (χ4v) is 4.39. The van der Waals surface area contributed by atoms with Crippen LogP contribution < -0.4 is 10.1 Å². The van der Waals surface area contributed by atoms with Gasteiger partial charge in [0.2, 0.25) is 0 Å². The number of aromatic nitrogens is 2. The number of aryl methyl sites for hydroxylation is 3. The van der Waals surface area contributed by atoms with Crippen molar-refractivity contribution in [1.29, 1.82) is 0 Å². The zero-order valence-corrected chi connectivity index (χ0v) is 21.9. The van der Waals surface area contributed by atoms with Crippen LogP contribution in [0, 0.1) is 13.8 Å². The van der Waals surface area contributed by atoms with Gasteiger partial charge in [0.05, 0.1) is 11.0 Å². The molecule has 0 radical (unpaired) electrons. The maximum absolute atomic E-state index is 12.3. The molecule has 4 aromatic rings. The molecular weight excluding hydrogens is 446 g/mol. The average Bonchev–Trinajstić information content (AvgIpc) is 3.24. The highest BCUT2D eigenvalue weighted by molar-refractivity contribution is 5.77. The topological polar surface area (TPSA) is 56.2 Å². The van der Waals surface area contributed by atoms with Crippen LogP contribution in [0.4, 0.5) is 0 Å². The minimum Gasteiger partial charge on any atom is -0.483 e. The number of carbonyl (C=O) groups is 1. The summed E-state index contributed by atoms with van der Waals surface area (Å²) in [4.78, 5) is 17.2. The normalized spacial score (nSPS) is 12.0. The summed E-state index contributed by atoms with van der Waals surface area (Å²) in [5.74, 6) is 2.27. The van der Waals surface area contributed by atoms with Gasteiger partial charge in [0.1, 0.15) is 11.6 Å². The smallest absolute Gasteiger partial charge is 0.257 e. The van der Waals surface area contributed by atoms with Gasteiger partial charge in [-0.1, -0.05) is 62.4 Å². The van der Waals surface area contributed by atoms with E-state index in [0.29, 0.717) is 12.5 Å². The molecule has 4 rings (SSSR count). The van der Waals surface area contributed by atoms with Gasteiger partial charge in [-0.25, -0.2) is 4.98 Å². The first-order chi connectivity index (χ1) is 17.4. The van der Waals surface area contributed by atoms with E-state index in [1.807, 2.05) is 38.1 Å². The second kappa shape index (κ2) is 11.9. The zero-order chi connectivity index (χ0) is 25.5. The fraction of sp³-hybridized carbons (Fsp3) is 0.355. The fourth-order valence-electron chi connectivity index (χ4n) is 4.39. The Morgan fingerprint density at radius 3 is 2.61 bits per heavy atom. The summed E-state index contributed by atoms with van der Waals surface area (Å²) in [6, 6.07) is 23.3. The summed E-state index contributed by atoms with van der Waals surface area (Å²) in [5, 5.41) is 2.98. The minimum absolute atomic E-state index is 0.0233. The van der Waals surface area contributed by atoms with Crippen molar-refractivity contribution in [1.82, 2.24) is 14.9 Å². The van der Waals surface area contributed by atoms with Gasteiger partial charge >= 0.3 is 0 Å². The van der Waals surface area contributed by atoms with Crippen molar-refractivity contribution < 1.29 is 9.53 Å². The Labute approximate surface area is 214 Å². The van der Waals surface area contributed by atoms with E-state index in [9.17, 15) is 4.79 Å². The van der Waals surface area contributed by atoms with E-state index < -0.39 is 0 Å². The molecule has 3 aromatic carbocycles. The number of hydrogen-bond acceptors (Lipinski definition) is 3. The molecule has 188 valence electrons. The highest BCUT2D eigenvalue weighted by Gasteiger charge is 2.12. The molecule has 5 nitrogen and oxygen atoms in total. The van der Waals surface area contributed by atoms with Crippen molar-refractivity contribution >= 4 is 16.9 Å². The number of para-hydroxylation sites is 2. The lowest BCUT2D eigenvalue weighted by molar-refractivity contribution is -0.123. The SMILES string of the molecule is CCC(C)c1ccc(Cn2c(CCCNC(=O)COc3cc(C)ccc3C)nc3ccccc32)cc1. The first-order valence-corrected chi connectivity index (χ1v) is 12.9. The maximum atomic E-state index is 12.3. The number of nitrogens with zero attached hydrogens (tertiary/aromatic N) is 2. The van der Waals surface area contributed by atoms with E-state index in [0.717, 1.165) is 59.5 Å². The second-order valence-electron chi connectivity index (χ2n) is 9.66. The van der Waals surface area contributed by atoms with Crippen molar-refractivity contribution in [3.63, 3.8) is 0 Å². The van der Waals surface area contributed by atoms with E-state index in [4.69, 9.17) is 9.72 Å². The number of rotatable bonds is 11. The van der Waals surface area contributed by atoms with Crippen molar-refractivity contribution in [2.75, 3.05) is 13.2 Å². The molecule has 36 heavy (non-hydrogen) atoms. The van der Waals surface area contributed by atoms with Gasteiger partial charge in [-0.2, -0.15) is 0 Å². The molecule has 0 aliphatic heterocycles. The number of fused-ring (bicyclic) bond motifs is 1. The molecule has 0 saturated heterocycles. The summed E-state index contributed by atoms with van der Waals surface area (Å²) < 4.78 is 8.03. The molecule has 1 amide bonds. The van der Waals surface area contributed by atoms with E-state index >= 15 is 0 Å². The van der Waals surface area contributed by atoms with Crippen LogP contribution in [0.3, 0.4) is 0 Å². The van der Waals surface area contributed by atoms with Gasteiger partial charge in [-0.3, -0.25) is 4.79 Å². The molecule has 1 aromatic heterocycles. The molecule has 1 N–H and O–H groups in total. The van der Waals surface area contributed by atoms with Crippen molar-refractivity contribution in [2.24, 2.45) is 0 Å². The molecule has 0 spiro atoms. The predicted octanol–water partition coefficient (Wildman–Crippen LogP) is 6.34. The number of hydrogen-bond donors (Lipinski definition) is 1. The quantitative estimate of drug-likeness (QED) is 0.253. The molecule has 0 fully saturated rings. The Kier molecular flexibility index (Phi) is 8.42. The van der Waals surface area contributed by atoms with Crippen LogP contribution in [0.5, 0.6) is 5.75 Å². The Balaban J connectivity index is 1.35. The average molecular weight is 484 g/mol. The standard InChI is InChI=1S/C31H37N3O2/c1-5-23(3)26-16-14-25(15-17-26)20-34-28-10-7-6-9-27(28)33-30(34)11-8-18-32-31(35)21-36-29-19-22(2)12-13-24(29)4/h6-7,9-10,12-17,19,23H,5,8,11,18,20-21H2,1-4H3,(H,32,35). The van der Waals surface area contributed by atoms with Crippen molar-refractivity contribution in [2.45, 2.75) is 59.4 Å². The number of imidazole rings is 1. The van der Waals surface area contributed by atoms with E-state index in [1.165, 1.54) is 11.1 Å². The lowest BCUT2D eigenvalue weighted by Gasteiger charge is -2.13. The lowest BCUT2D eigenvalue weighted by atomic mass is 9.97. The number of carbonyl (C=O) groups excluding carboxylic acids is 1. The third-order valence-electron chi connectivity index (χ3n) is 6.84. The number of amides is 1. The first kappa shape index (κ1) is 25.5. The molecule has 0 aliphatic carbocycles.